The molecule has 0 aromatic heterocycles. The fourth-order valence-electron chi connectivity index (χ4n) is 1.89. The van der Waals surface area contributed by atoms with Gasteiger partial charge in [0.25, 0.3) is 0 Å². The molecule has 1 aliphatic rings. The monoisotopic (exact) mass is 254 g/mol. The number of anilines is 1. The van der Waals surface area contributed by atoms with E-state index in [-0.39, 0.29) is 18.1 Å². The fraction of sp³-hybridized carbons (Fsp3) is 0.333. The van der Waals surface area contributed by atoms with Gasteiger partial charge >= 0.3 is 0 Å². The highest BCUT2D eigenvalue weighted by molar-refractivity contribution is 6.06. The number of hydrogen-bond donors (Lipinski definition) is 1. The van der Waals surface area contributed by atoms with Crippen LogP contribution in [0, 0.1) is 11.6 Å². The third-order valence-corrected chi connectivity index (χ3v) is 2.83. The van der Waals surface area contributed by atoms with Gasteiger partial charge in [-0.05, 0) is 18.6 Å². The van der Waals surface area contributed by atoms with E-state index >= 15 is 0 Å². The summed E-state index contributed by atoms with van der Waals surface area (Å²) in [5, 5.41) is 2.50. The third kappa shape index (κ3) is 2.05. The van der Waals surface area contributed by atoms with Gasteiger partial charge in [0.15, 0.2) is 11.6 Å². The lowest BCUT2D eigenvalue weighted by Crippen LogP contribution is -2.58. The lowest BCUT2D eigenvalue weighted by atomic mass is 10.1. The number of rotatable bonds is 2. The predicted octanol–water partition coefficient (Wildman–Crippen LogP) is 1.21. The molecule has 1 saturated heterocycles. The largest absolute Gasteiger partial charge is 0.343 e. The van der Waals surface area contributed by atoms with Crippen LogP contribution in [0.5, 0.6) is 0 Å². The molecule has 18 heavy (non-hydrogen) atoms. The second-order valence-corrected chi connectivity index (χ2v) is 4.03. The van der Waals surface area contributed by atoms with Gasteiger partial charge in [-0.1, -0.05) is 13.0 Å². The van der Waals surface area contributed by atoms with Crippen LogP contribution in [0.25, 0.3) is 0 Å². The zero-order valence-electron chi connectivity index (χ0n) is 9.74. The average Bonchev–Trinajstić information content (AvgIpc) is 2.35. The standard InChI is InChI=1S/C12H12F2N2O2/c1-2-8-12(18)16(6-10(17)15-8)9-5-3-4-7(13)11(9)14/h3-5,8H,2,6H2,1H3,(H,15,17). The Hall–Kier alpha value is -1.98. The van der Waals surface area contributed by atoms with Crippen LogP contribution in [-0.4, -0.2) is 24.4 Å². The number of benzene rings is 1. The van der Waals surface area contributed by atoms with Gasteiger partial charge in [0, 0.05) is 0 Å². The van der Waals surface area contributed by atoms with Crippen LogP contribution in [0.4, 0.5) is 14.5 Å². The summed E-state index contributed by atoms with van der Waals surface area (Å²) < 4.78 is 26.7. The van der Waals surface area contributed by atoms with Gasteiger partial charge in [-0.25, -0.2) is 8.78 Å². The lowest BCUT2D eigenvalue weighted by molar-refractivity contribution is -0.131. The summed E-state index contributed by atoms with van der Waals surface area (Å²) >= 11 is 0. The molecule has 0 radical (unpaired) electrons. The maximum absolute atomic E-state index is 13.6. The summed E-state index contributed by atoms with van der Waals surface area (Å²) in [6.07, 6.45) is 0.401. The van der Waals surface area contributed by atoms with E-state index < -0.39 is 23.6 Å². The van der Waals surface area contributed by atoms with Crippen molar-refractivity contribution in [1.82, 2.24) is 5.32 Å². The van der Waals surface area contributed by atoms with Crippen molar-refractivity contribution in [3.05, 3.63) is 29.8 Å². The number of halogens is 2. The smallest absolute Gasteiger partial charge is 0.250 e. The summed E-state index contributed by atoms with van der Waals surface area (Å²) in [7, 11) is 0. The molecule has 96 valence electrons. The topological polar surface area (TPSA) is 49.4 Å². The van der Waals surface area contributed by atoms with Crippen LogP contribution in [0.15, 0.2) is 18.2 Å². The predicted molar refractivity (Wildman–Crippen MR) is 60.9 cm³/mol. The van der Waals surface area contributed by atoms with Crippen LogP contribution in [-0.2, 0) is 9.59 Å². The molecule has 1 aliphatic heterocycles. The first-order chi connectivity index (χ1) is 8.54. The molecule has 1 N–H and O–H groups in total. The molecule has 1 atom stereocenters. The number of carbonyl (C=O) groups excluding carboxylic acids is 2. The third-order valence-electron chi connectivity index (χ3n) is 2.83. The summed E-state index contributed by atoms with van der Waals surface area (Å²) in [6, 6.07) is 2.86. The summed E-state index contributed by atoms with van der Waals surface area (Å²) in [5.41, 5.74) is -0.201. The van der Waals surface area contributed by atoms with Crippen molar-refractivity contribution >= 4 is 17.5 Å². The number of hydrogen-bond acceptors (Lipinski definition) is 2. The lowest BCUT2D eigenvalue weighted by Gasteiger charge is -2.32. The summed E-state index contributed by atoms with van der Waals surface area (Å²) in [5.74, 6) is -2.97. The molecule has 6 heteroatoms. The van der Waals surface area contributed by atoms with Gasteiger partial charge in [-0.2, -0.15) is 0 Å². The zero-order valence-corrected chi connectivity index (χ0v) is 9.74. The molecule has 2 rings (SSSR count). The SMILES string of the molecule is CCC1NC(=O)CN(c2cccc(F)c2F)C1=O. The van der Waals surface area contributed by atoms with E-state index in [9.17, 15) is 18.4 Å². The van der Waals surface area contributed by atoms with Crippen molar-refractivity contribution < 1.29 is 18.4 Å². The quantitative estimate of drug-likeness (QED) is 0.862. The molecule has 0 aliphatic carbocycles. The first kappa shape index (κ1) is 12.5. The van der Waals surface area contributed by atoms with Gasteiger partial charge in [0.1, 0.15) is 12.6 Å². The number of piperazine rings is 1. The highest BCUT2D eigenvalue weighted by Crippen LogP contribution is 2.23. The molecule has 2 amide bonds. The van der Waals surface area contributed by atoms with E-state index in [0.717, 1.165) is 11.0 Å². The summed E-state index contributed by atoms with van der Waals surface area (Å²) in [6.45, 7) is 1.43. The molecule has 1 heterocycles. The summed E-state index contributed by atoms with van der Waals surface area (Å²) in [4.78, 5) is 24.4. The van der Waals surface area contributed by atoms with Crippen molar-refractivity contribution in [2.45, 2.75) is 19.4 Å². The number of carbonyl (C=O) groups is 2. The molecule has 1 fully saturated rings. The number of nitrogens with one attached hydrogen (secondary N) is 1. The average molecular weight is 254 g/mol. The fourth-order valence-corrected chi connectivity index (χ4v) is 1.89. The molecule has 4 nitrogen and oxygen atoms in total. The first-order valence-electron chi connectivity index (χ1n) is 5.59. The second kappa shape index (κ2) is 4.72. The molecule has 1 aromatic carbocycles. The zero-order chi connectivity index (χ0) is 13.3. The number of amides is 2. The Morgan fingerprint density at radius 1 is 1.39 bits per heavy atom. The highest BCUT2D eigenvalue weighted by atomic mass is 19.2. The molecular formula is C12H12F2N2O2. The molecular weight excluding hydrogens is 242 g/mol. The Balaban J connectivity index is 2.39. The van der Waals surface area contributed by atoms with Gasteiger partial charge in [-0.3, -0.25) is 14.5 Å². The maximum atomic E-state index is 13.6. The Bertz CT molecular complexity index is 505. The van der Waals surface area contributed by atoms with Crippen LogP contribution < -0.4 is 10.2 Å². The van der Waals surface area contributed by atoms with Crippen molar-refractivity contribution in [1.29, 1.82) is 0 Å². The minimum Gasteiger partial charge on any atom is -0.343 e. The number of nitrogens with zero attached hydrogens (tertiary/aromatic N) is 1. The Morgan fingerprint density at radius 2 is 2.11 bits per heavy atom. The van der Waals surface area contributed by atoms with Crippen LogP contribution in [0.1, 0.15) is 13.3 Å². The van der Waals surface area contributed by atoms with Gasteiger partial charge in [-0.15, -0.1) is 0 Å². The van der Waals surface area contributed by atoms with E-state index in [0.29, 0.717) is 6.42 Å². The Kier molecular flexibility index (Phi) is 3.27. The molecule has 1 aromatic rings. The van der Waals surface area contributed by atoms with Crippen molar-refractivity contribution in [2.75, 3.05) is 11.4 Å². The Morgan fingerprint density at radius 3 is 2.78 bits per heavy atom. The minimum absolute atomic E-state index is 0.201. The van der Waals surface area contributed by atoms with E-state index in [1.165, 1.54) is 12.1 Å². The molecule has 0 bridgehead atoms. The first-order valence-corrected chi connectivity index (χ1v) is 5.59. The van der Waals surface area contributed by atoms with E-state index in [2.05, 4.69) is 5.32 Å². The van der Waals surface area contributed by atoms with Crippen molar-refractivity contribution in [3.63, 3.8) is 0 Å². The maximum Gasteiger partial charge on any atom is 0.250 e. The van der Waals surface area contributed by atoms with Crippen LogP contribution in [0.3, 0.4) is 0 Å². The van der Waals surface area contributed by atoms with Gasteiger partial charge in [0.05, 0.1) is 5.69 Å². The normalized spacial score (nSPS) is 19.9. The van der Waals surface area contributed by atoms with Crippen molar-refractivity contribution in [2.24, 2.45) is 0 Å². The Labute approximate surface area is 103 Å². The van der Waals surface area contributed by atoms with E-state index in [1.807, 2.05) is 0 Å². The molecule has 0 spiro atoms. The van der Waals surface area contributed by atoms with E-state index in [4.69, 9.17) is 0 Å². The van der Waals surface area contributed by atoms with Crippen LogP contribution >= 0.6 is 0 Å². The molecule has 0 saturated carbocycles. The molecule has 1 unspecified atom stereocenters. The second-order valence-electron chi connectivity index (χ2n) is 4.03. The van der Waals surface area contributed by atoms with Crippen molar-refractivity contribution in [3.8, 4) is 0 Å². The minimum atomic E-state index is -1.12. The van der Waals surface area contributed by atoms with Gasteiger partial charge in [0.2, 0.25) is 11.8 Å². The van der Waals surface area contributed by atoms with E-state index in [1.54, 1.807) is 6.92 Å². The van der Waals surface area contributed by atoms with Crippen LogP contribution in [0.2, 0.25) is 0 Å². The highest BCUT2D eigenvalue weighted by Gasteiger charge is 2.33. The van der Waals surface area contributed by atoms with Gasteiger partial charge < -0.3 is 5.32 Å².